The van der Waals surface area contributed by atoms with Crippen LogP contribution in [0.1, 0.15) is 18.0 Å². The van der Waals surface area contributed by atoms with Gasteiger partial charge in [-0.25, -0.2) is 9.50 Å². The first-order valence-electron chi connectivity index (χ1n) is 4.47. The van der Waals surface area contributed by atoms with E-state index in [4.69, 9.17) is 10.8 Å². The first kappa shape index (κ1) is 9.11. The van der Waals surface area contributed by atoms with Crippen molar-refractivity contribution in [3.8, 4) is 0 Å². The molecular weight excluding hydrogens is 180 g/mol. The Balaban J connectivity index is 2.33. The topological polar surface area (TPSA) is 76.4 Å². The molecule has 0 aliphatic heterocycles. The maximum absolute atomic E-state index is 8.76. The molecule has 74 valence electrons. The Morgan fingerprint density at radius 2 is 2.43 bits per heavy atom. The maximum atomic E-state index is 8.76. The first-order chi connectivity index (χ1) is 6.81. The number of hydrogen-bond acceptors (Lipinski definition) is 4. The molecule has 0 aromatic carbocycles. The van der Waals surface area contributed by atoms with Gasteiger partial charge in [-0.1, -0.05) is 0 Å². The standard InChI is InChI=1S/C9H12N4O/c10-8(2-4-14)7-1-3-13-9(5-7)11-6-12-13/h1,3,5-6,8,14H,2,4,10H2. The summed E-state index contributed by atoms with van der Waals surface area (Å²) in [5.74, 6) is 0. The third-order valence-electron chi connectivity index (χ3n) is 2.17. The van der Waals surface area contributed by atoms with E-state index in [0.29, 0.717) is 6.42 Å². The zero-order valence-electron chi connectivity index (χ0n) is 7.67. The average molecular weight is 192 g/mol. The number of rotatable bonds is 3. The van der Waals surface area contributed by atoms with Gasteiger partial charge in [0.05, 0.1) is 0 Å². The van der Waals surface area contributed by atoms with Gasteiger partial charge in [0.15, 0.2) is 5.65 Å². The second kappa shape index (κ2) is 3.73. The lowest BCUT2D eigenvalue weighted by Gasteiger charge is -2.09. The van der Waals surface area contributed by atoms with Crippen LogP contribution in [0.3, 0.4) is 0 Å². The molecule has 0 saturated carbocycles. The minimum Gasteiger partial charge on any atom is -0.396 e. The molecule has 0 amide bonds. The van der Waals surface area contributed by atoms with Crippen LogP contribution in [-0.4, -0.2) is 26.3 Å². The van der Waals surface area contributed by atoms with Gasteiger partial charge >= 0.3 is 0 Å². The molecule has 0 spiro atoms. The number of hydrogen-bond donors (Lipinski definition) is 2. The van der Waals surface area contributed by atoms with Crippen molar-refractivity contribution in [3.05, 3.63) is 30.2 Å². The van der Waals surface area contributed by atoms with Gasteiger partial charge in [0.1, 0.15) is 6.33 Å². The lowest BCUT2D eigenvalue weighted by molar-refractivity contribution is 0.276. The van der Waals surface area contributed by atoms with Crippen LogP contribution in [0.4, 0.5) is 0 Å². The van der Waals surface area contributed by atoms with Crippen molar-refractivity contribution < 1.29 is 5.11 Å². The lowest BCUT2D eigenvalue weighted by Crippen LogP contribution is -2.12. The summed E-state index contributed by atoms with van der Waals surface area (Å²) in [4.78, 5) is 4.06. The lowest BCUT2D eigenvalue weighted by atomic mass is 10.1. The first-order valence-corrected chi connectivity index (χ1v) is 4.47. The Bertz CT molecular complexity index is 425. The van der Waals surface area contributed by atoms with Crippen LogP contribution in [0.5, 0.6) is 0 Å². The molecule has 5 nitrogen and oxygen atoms in total. The Morgan fingerprint density at radius 1 is 1.57 bits per heavy atom. The molecule has 1 atom stereocenters. The zero-order chi connectivity index (χ0) is 9.97. The van der Waals surface area contributed by atoms with Crippen molar-refractivity contribution in [2.45, 2.75) is 12.5 Å². The van der Waals surface area contributed by atoms with Crippen LogP contribution in [-0.2, 0) is 0 Å². The summed E-state index contributed by atoms with van der Waals surface area (Å²) in [6.45, 7) is 0.0963. The van der Waals surface area contributed by atoms with Crippen LogP contribution in [0, 0.1) is 0 Å². The molecule has 2 rings (SSSR count). The van der Waals surface area contributed by atoms with Crippen LogP contribution in [0.2, 0.25) is 0 Å². The van der Waals surface area contributed by atoms with Crippen molar-refractivity contribution in [2.75, 3.05) is 6.61 Å². The quantitative estimate of drug-likeness (QED) is 0.723. The summed E-state index contributed by atoms with van der Waals surface area (Å²) in [5.41, 5.74) is 7.59. The molecule has 2 aromatic rings. The predicted molar refractivity (Wildman–Crippen MR) is 51.6 cm³/mol. The highest BCUT2D eigenvalue weighted by atomic mass is 16.3. The number of aliphatic hydroxyl groups is 1. The van der Waals surface area contributed by atoms with E-state index < -0.39 is 0 Å². The van der Waals surface area contributed by atoms with Gasteiger partial charge in [0.2, 0.25) is 0 Å². The summed E-state index contributed by atoms with van der Waals surface area (Å²) in [6.07, 6.45) is 3.87. The largest absolute Gasteiger partial charge is 0.396 e. The Kier molecular flexibility index (Phi) is 2.43. The fraction of sp³-hybridized carbons (Fsp3) is 0.333. The number of nitrogens with two attached hydrogens (primary N) is 1. The summed E-state index contributed by atoms with van der Waals surface area (Å²) in [5, 5.41) is 12.7. The fourth-order valence-corrected chi connectivity index (χ4v) is 1.37. The monoisotopic (exact) mass is 192 g/mol. The minimum absolute atomic E-state index is 0.0963. The molecule has 0 aliphatic carbocycles. The molecule has 0 saturated heterocycles. The van der Waals surface area contributed by atoms with E-state index in [0.717, 1.165) is 11.2 Å². The van der Waals surface area contributed by atoms with Gasteiger partial charge in [-0.2, -0.15) is 5.10 Å². The highest BCUT2D eigenvalue weighted by molar-refractivity contribution is 5.40. The van der Waals surface area contributed by atoms with Crippen LogP contribution in [0.25, 0.3) is 5.65 Å². The smallest absolute Gasteiger partial charge is 0.155 e. The number of aliphatic hydroxyl groups excluding tert-OH is 1. The predicted octanol–water partition coefficient (Wildman–Crippen LogP) is 0.111. The van der Waals surface area contributed by atoms with Crippen molar-refractivity contribution >= 4 is 5.65 Å². The molecule has 0 fully saturated rings. The zero-order valence-corrected chi connectivity index (χ0v) is 7.67. The molecule has 5 heteroatoms. The summed E-state index contributed by atoms with van der Waals surface area (Å²) >= 11 is 0. The van der Waals surface area contributed by atoms with E-state index in [1.807, 2.05) is 18.3 Å². The normalized spacial score (nSPS) is 13.3. The number of aromatic nitrogens is 3. The summed E-state index contributed by atoms with van der Waals surface area (Å²) < 4.78 is 1.68. The maximum Gasteiger partial charge on any atom is 0.155 e. The van der Waals surface area contributed by atoms with Crippen LogP contribution >= 0.6 is 0 Å². The number of fused-ring (bicyclic) bond motifs is 1. The van der Waals surface area contributed by atoms with E-state index in [-0.39, 0.29) is 12.6 Å². The molecular formula is C9H12N4O. The Labute approximate surface area is 81.2 Å². The van der Waals surface area contributed by atoms with E-state index in [1.165, 1.54) is 6.33 Å². The summed E-state index contributed by atoms with van der Waals surface area (Å²) in [7, 11) is 0. The van der Waals surface area contributed by atoms with Crippen molar-refractivity contribution in [2.24, 2.45) is 5.73 Å². The molecule has 0 aliphatic rings. The average Bonchev–Trinajstić information content (AvgIpc) is 2.64. The van der Waals surface area contributed by atoms with Crippen molar-refractivity contribution in [1.82, 2.24) is 14.6 Å². The molecule has 3 N–H and O–H groups in total. The molecule has 2 heterocycles. The van der Waals surface area contributed by atoms with E-state index in [2.05, 4.69) is 10.1 Å². The summed E-state index contributed by atoms with van der Waals surface area (Å²) in [6, 6.07) is 3.64. The van der Waals surface area contributed by atoms with Gasteiger partial charge in [0, 0.05) is 18.8 Å². The van der Waals surface area contributed by atoms with E-state index in [1.54, 1.807) is 4.52 Å². The third kappa shape index (κ3) is 1.59. The Morgan fingerprint density at radius 3 is 3.21 bits per heavy atom. The van der Waals surface area contributed by atoms with Crippen molar-refractivity contribution in [3.63, 3.8) is 0 Å². The van der Waals surface area contributed by atoms with Gasteiger partial charge in [0.25, 0.3) is 0 Å². The molecule has 2 aromatic heterocycles. The van der Waals surface area contributed by atoms with E-state index in [9.17, 15) is 0 Å². The second-order valence-corrected chi connectivity index (χ2v) is 3.14. The SMILES string of the molecule is NC(CCO)c1ccn2ncnc2c1. The van der Waals surface area contributed by atoms with Crippen LogP contribution < -0.4 is 5.73 Å². The van der Waals surface area contributed by atoms with Gasteiger partial charge in [-0.05, 0) is 24.1 Å². The minimum atomic E-state index is -0.137. The molecule has 1 unspecified atom stereocenters. The Hall–Kier alpha value is -1.46. The third-order valence-corrected chi connectivity index (χ3v) is 2.17. The van der Waals surface area contributed by atoms with Crippen LogP contribution in [0.15, 0.2) is 24.7 Å². The fourth-order valence-electron chi connectivity index (χ4n) is 1.37. The molecule has 14 heavy (non-hydrogen) atoms. The van der Waals surface area contributed by atoms with Gasteiger partial charge in [-0.15, -0.1) is 0 Å². The van der Waals surface area contributed by atoms with E-state index >= 15 is 0 Å². The van der Waals surface area contributed by atoms with Gasteiger partial charge < -0.3 is 10.8 Å². The molecule has 0 radical (unpaired) electrons. The number of pyridine rings is 1. The van der Waals surface area contributed by atoms with Gasteiger partial charge in [-0.3, -0.25) is 0 Å². The second-order valence-electron chi connectivity index (χ2n) is 3.14. The highest BCUT2D eigenvalue weighted by Gasteiger charge is 2.06. The molecule has 0 bridgehead atoms. The van der Waals surface area contributed by atoms with Crippen molar-refractivity contribution in [1.29, 1.82) is 0 Å². The number of nitrogens with zero attached hydrogens (tertiary/aromatic N) is 3. The highest BCUT2D eigenvalue weighted by Crippen LogP contribution is 2.14.